The van der Waals surface area contributed by atoms with Crippen molar-refractivity contribution < 1.29 is 4.74 Å². The Kier molecular flexibility index (Phi) is 4.03. The first kappa shape index (κ1) is 14.5. The molecule has 1 aromatic carbocycles. The van der Waals surface area contributed by atoms with Crippen molar-refractivity contribution in [3.63, 3.8) is 0 Å². The second kappa shape index (κ2) is 5.26. The normalized spacial score (nSPS) is 24.5. The van der Waals surface area contributed by atoms with Crippen LogP contribution in [0.3, 0.4) is 0 Å². The summed E-state index contributed by atoms with van der Waals surface area (Å²) in [4.78, 5) is 0. The largest absolute Gasteiger partial charge is 0.375 e. The van der Waals surface area contributed by atoms with Crippen molar-refractivity contribution in [1.29, 1.82) is 0 Å². The second-order valence-electron chi connectivity index (χ2n) is 6.78. The first-order chi connectivity index (χ1) is 8.80. The predicted octanol–water partition coefficient (Wildman–Crippen LogP) is 3.65. The smallest absolute Gasteiger partial charge is 0.0742 e. The maximum Gasteiger partial charge on any atom is 0.0742 e. The average Bonchev–Trinajstić information content (AvgIpc) is 2.29. The molecule has 2 rings (SSSR count). The van der Waals surface area contributed by atoms with Crippen LogP contribution in [0, 0.1) is 13.8 Å². The van der Waals surface area contributed by atoms with E-state index < -0.39 is 0 Å². The molecule has 1 heterocycles. The summed E-state index contributed by atoms with van der Waals surface area (Å²) >= 11 is 0. The number of hydrogen-bond acceptors (Lipinski definition) is 2. The van der Waals surface area contributed by atoms with Crippen LogP contribution in [0.25, 0.3) is 0 Å². The first-order valence-electron chi connectivity index (χ1n) is 7.27. The summed E-state index contributed by atoms with van der Waals surface area (Å²) in [6.45, 7) is 15.2. The lowest BCUT2D eigenvalue weighted by atomic mass is 9.82. The molecule has 2 heteroatoms. The molecule has 1 saturated heterocycles. The van der Waals surface area contributed by atoms with Gasteiger partial charge in [-0.1, -0.05) is 32.9 Å². The molecule has 2 unspecified atom stereocenters. The number of nitrogens with one attached hydrogen (secondary N) is 1. The van der Waals surface area contributed by atoms with E-state index in [0.717, 1.165) is 13.2 Å². The number of rotatable bonds is 1. The van der Waals surface area contributed by atoms with E-state index in [-0.39, 0.29) is 11.5 Å². The molecule has 0 amide bonds. The molecule has 1 aliphatic rings. The van der Waals surface area contributed by atoms with E-state index in [1.807, 2.05) is 0 Å². The second-order valence-corrected chi connectivity index (χ2v) is 6.78. The van der Waals surface area contributed by atoms with Gasteiger partial charge >= 0.3 is 0 Å². The highest BCUT2D eigenvalue weighted by Gasteiger charge is 2.27. The van der Waals surface area contributed by atoms with Gasteiger partial charge in [0.05, 0.1) is 18.8 Å². The number of hydrogen-bond donors (Lipinski definition) is 1. The quantitative estimate of drug-likeness (QED) is 0.833. The summed E-state index contributed by atoms with van der Waals surface area (Å²) in [6.07, 6.45) is 0.242. The Bertz CT molecular complexity index is 436. The Morgan fingerprint density at radius 3 is 2.21 bits per heavy atom. The van der Waals surface area contributed by atoms with Crippen molar-refractivity contribution in [3.8, 4) is 0 Å². The maximum atomic E-state index is 5.79. The molecule has 1 fully saturated rings. The third-order valence-electron chi connectivity index (χ3n) is 4.09. The average molecular weight is 261 g/mol. The van der Waals surface area contributed by atoms with Crippen LogP contribution in [0.4, 0.5) is 0 Å². The van der Waals surface area contributed by atoms with Gasteiger partial charge in [0.1, 0.15) is 0 Å². The highest BCUT2D eigenvalue weighted by Crippen LogP contribution is 2.32. The summed E-state index contributed by atoms with van der Waals surface area (Å²) in [5, 5.41) is 3.60. The van der Waals surface area contributed by atoms with E-state index >= 15 is 0 Å². The van der Waals surface area contributed by atoms with Gasteiger partial charge in [0.25, 0.3) is 0 Å². The molecular weight excluding hydrogens is 234 g/mol. The van der Waals surface area contributed by atoms with Crippen LogP contribution in [0.5, 0.6) is 0 Å². The predicted molar refractivity (Wildman–Crippen MR) is 80.8 cm³/mol. The fourth-order valence-electron chi connectivity index (χ4n) is 2.96. The molecule has 1 aliphatic heterocycles. The number of ether oxygens (including phenoxy) is 1. The van der Waals surface area contributed by atoms with Crippen molar-refractivity contribution in [2.75, 3.05) is 13.2 Å². The molecule has 1 aromatic rings. The van der Waals surface area contributed by atoms with Crippen LogP contribution in [0.2, 0.25) is 0 Å². The lowest BCUT2D eigenvalue weighted by Gasteiger charge is -2.33. The van der Waals surface area contributed by atoms with Crippen LogP contribution >= 0.6 is 0 Å². The van der Waals surface area contributed by atoms with Gasteiger partial charge in [-0.05, 0) is 48.4 Å². The molecule has 2 atom stereocenters. The van der Waals surface area contributed by atoms with Gasteiger partial charge in [-0.3, -0.25) is 0 Å². The molecule has 19 heavy (non-hydrogen) atoms. The zero-order chi connectivity index (χ0) is 14.2. The van der Waals surface area contributed by atoms with Crippen LogP contribution < -0.4 is 5.32 Å². The molecule has 0 aliphatic carbocycles. The van der Waals surface area contributed by atoms with Crippen molar-refractivity contribution in [1.82, 2.24) is 5.32 Å². The molecule has 106 valence electrons. The van der Waals surface area contributed by atoms with Crippen LogP contribution in [-0.2, 0) is 10.2 Å². The van der Waals surface area contributed by atoms with Gasteiger partial charge in [0.15, 0.2) is 0 Å². The summed E-state index contributed by atoms with van der Waals surface area (Å²) in [6, 6.07) is 5.00. The van der Waals surface area contributed by atoms with Gasteiger partial charge in [-0.2, -0.15) is 0 Å². The van der Waals surface area contributed by atoms with Gasteiger partial charge in [-0.15, -0.1) is 0 Å². The Morgan fingerprint density at radius 2 is 1.74 bits per heavy atom. The third-order valence-corrected chi connectivity index (χ3v) is 4.09. The molecule has 0 aromatic heterocycles. The van der Waals surface area contributed by atoms with Gasteiger partial charge in [-0.25, -0.2) is 0 Å². The van der Waals surface area contributed by atoms with E-state index in [9.17, 15) is 0 Å². The number of benzene rings is 1. The maximum absolute atomic E-state index is 5.79. The summed E-state index contributed by atoms with van der Waals surface area (Å²) < 4.78 is 5.79. The summed E-state index contributed by atoms with van der Waals surface area (Å²) in [5.74, 6) is 0. The minimum atomic E-state index is 0.205. The standard InChI is InChI=1S/C17H27NO/c1-11-9-14(17(4,5)6)10-12(2)15(11)16-13(3)19-8-7-18-16/h9-10,13,16,18H,7-8H2,1-6H3. The Hall–Kier alpha value is -0.860. The Labute approximate surface area is 117 Å². The van der Waals surface area contributed by atoms with Crippen LogP contribution in [0.15, 0.2) is 12.1 Å². The van der Waals surface area contributed by atoms with E-state index in [1.165, 1.54) is 22.3 Å². The van der Waals surface area contributed by atoms with Gasteiger partial charge in [0, 0.05) is 6.54 Å². The fraction of sp³-hybridized carbons (Fsp3) is 0.647. The van der Waals surface area contributed by atoms with Crippen LogP contribution in [-0.4, -0.2) is 19.3 Å². The monoisotopic (exact) mass is 261 g/mol. The number of aryl methyl sites for hydroxylation is 2. The minimum Gasteiger partial charge on any atom is -0.375 e. The Balaban J connectivity index is 2.42. The topological polar surface area (TPSA) is 21.3 Å². The highest BCUT2D eigenvalue weighted by atomic mass is 16.5. The van der Waals surface area contributed by atoms with E-state index in [4.69, 9.17) is 4.74 Å². The molecule has 1 N–H and O–H groups in total. The Morgan fingerprint density at radius 1 is 1.16 bits per heavy atom. The lowest BCUT2D eigenvalue weighted by Crippen LogP contribution is -2.41. The zero-order valence-corrected chi connectivity index (χ0v) is 13.1. The molecule has 2 nitrogen and oxygen atoms in total. The minimum absolute atomic E-state index is 0.205. The van der Waals surface area contributed by atoms with Crippen molar-refractivity contribution in [2.24, 2.45) is 0 Å². The molecule has 0 radical (unpaired) electrons. The third kappa shape index (κ3) is 3.01. The summed E-state index contributed by atoms with van der Waals surface area (Å²) in [7, 11) is 0. The molecule has 0 saturated carbocycles. The molecule has 0 bridgehead atoms. The van der Waals surface area contributed by atoms with Gasteiger partial charge < -0.3 is 10.1 Å². The fourth-order valence-corrected chi connectivity index (χ4v) is 2.96. The van der Waals surface area contributed by atoms with E-state index in [1.54, 1.807) is 0 Å². The highest BCUT2D eigenvalue weighted by molar-refractivity contribution is 5.42. The molecular formula is C17H27NO. The summed E-state index contributed by atoms with van der Waals surface area (Å²) in [5.41, 5.74) is 5.78. The van der Waals surface area contributed by atoms with Crippen molar-refractivity contribution in [2.45, 2.75) is 59.1 Å². The first-order valence-corrected chi connectivity index (χ1v) is 7.27. The van der Waals surface area contributed by atoms with E-state index in [2.05, 4.69) is 59.0 Å². The molecule has 0 spiro atoms. The SMILES string of the molecule is Cc1cc(C(C)(C)C)cc(C)c1C1NCCOC1C. The van der Waals surface area contributed by atoms with Crippen molar-refractivity contribution in [3.05, 3.63) is 34.4 Å². The van der Waals surface area contributed by atoms with Crippen LogP contribution in [0.1, 0.15) is 56.0 Å². The van der Waals surface area contributed by atoms with Gasteiger partial charge in [0.2, 0.25) is 0 Å². The number of morpholine rings is 1. The van der Waals surface area contributed by atoms with Crippen molar-refractivity contribution >= 4 is 0 Å². The lowest BCUT2D eigenvalue weighted by molar-refractivity contribution is 0.00721. The van der Waals surface area contributed by atoms with E-state index in [0.29, 0.717) is 6.04 Å². The zero-order valence-electron chi connectivity index (χ0n) is 13.1.